The Bertz CT molecular complexity index is 1170. The molecule has 0 fully saturated rings. The van der Waals surface area contributed by atoms with E-state index in [-0.39, 0.29) is 10.8 Å². The molecule has 172 valence electrons. The van der Waals surface area contributed by atoms with Gasteiger partial charge in [0, 0.05) is 47.1 Å². The number of aromatic nitrogens is 2. The smallest absolute Gasteiger partial charge is 0.242 e. The van der Waals surface area contributed by atoms with Gasteiger partial charge in [0.25, 0.3) is 0 Å². The molecule has 3 rings (SSSR count). The van der Waals surface area contributed by atoms with E-state index in [4.69, 9.17) is 4.98 Å². The van der Waals surface area contributed by atoms with Gasteiger partial charge >= 0.3 is 0 Å². The molecule has 0 aliphatic heterocycles. The number of imidazole rings is 1. The van der Waals surface area contributed by atoms with Gasteiger partial charge in [-0.3, -0.25) is 4.79 Å². The predicted molar refractivity (Wildman–Crippen MR) is 127 cm³/mol. The molecule has 0 saturated heterocycles. The van der Waals surface area contributed by atoms with Crippen molar-refractivity contribution in [2.75, 3.05) is 21.1 Å². The summed E-state index contributed by atoms with van der Waals surface area (Å²) in [6.07, 6.45) is 2.87. The van der Waals surface area contributed by atoms with E-state index in [1.807, 2.05) is 43.4 Å². The van der Waals surface area contributed by atoms with E-state index >= 15 is 0 Å². The SMILES string of the molecule is CCCCn1c(CCC(=O)N(C)Cc2ccccc2)nc2cc(S(=O)(=O)N(C)C)ccc21. The number of hydrogen-bond donors (Lipinski definition) is 0. The molecule has 0 saturated carbocycles. The van der Waals surface area contributed by atoms with E-state index < -0.39 is 10.0 Å². The number of nitrogens with zero attached hydrogens (tertiary/aromatic N) is 4. The molecular weight excluding hydrogens is 424 g/mol. The lowest BCUT2D eigenvalue weighted by atomic mass is 10.2. The maximum atomic E-state index is 12.7. The molecule has 2 aromatic carbocycles. The summed E-state index contributed by atoms with van der Waals surface area (Å²) in [5, 5.41) is 0. The van der Waals surface area contributed by atoms with Crippen molar-refractivity contribution in [1.82, 2.24) is 18.8 Å². The molecule has 0 atom stereocenters. The lowest BCUT2D eigenvalue weighted by Gasteiger charge is -2.17. The first-order valence-corrected chi connectivity index (χ1v) is 12.4. The molecule has 3 aromatic rings. The highest BCUT2D eigenvalue weighted by Gasteiger charge is 2.20. The molecule has 0 bridgehead atoms. The van der Waals surface area contributed by atoms with Crippen molar-refractivity contribution in [3.05, 3.63) is 59.9 Å². The van der Waals surface area contributed by atoms with Crippen LogP contribution in [0, 0.1) is 0 Å². The number of amides is 1. The summed E-state index contributed by atoms with van der Waals surface area (Å²) in [5.74, 6) is 0.869. The summed E-state index contributed by atoms with van der Waals surface area (Å²) in [4.78, 5) is 19.4. The molecule has 0 unspecified atom stereocenters. The van der Waals surface area contributed by atoms with E-state index in [1.54, 1.807) is 17.0 Å². The molecule has 1 aromatic heterocycles. The van der Waals surface area contributed by atoms with Crippen LogP contribution in [0.2, 0.25) is 0 Å². The van der Waals surface area contributed by atoms with Crippen LogP contribution in [0.3, 0.4) is 0 Å². The van der Waals surface area contributed by atoms with Crippen molar-refractivity contribution in [1.29, 1.82) is 0 Å². The van der Waals surface area contributed by atoms with Crippen LogP contribution < -0.4 is 0 Å². The van der Waals surface area contributed by atoms with Gasteiger partial charge < -0.3 is 9.47 Å². The zero-order valence-electron chi connectivity index (χ0n) is 19.3. The highest BCUT2D eigenvalue weighted by molar-refractivity contribution is 7.89. The van der Waals surface area contributed by atoms with Gasteiger partial charge in [-0.2, -0.15) is 0 Å². The third kappa shape index (κ3) is 5.37. The van der Waals surface area contributed by atoms with Crippen LogP contribution >= 0.6 is 0 Å². The van der Waals surface area contributed by atoms with Gasteiger partial charge in [0.1, 0.15) is 5.82 Å². The van der Waals surface area contributed by atoms with Gasteiger partial charge in [-0.1, -0.05) is 43.7 Å². The molecule has 0 spiro atoms. The maximum absolute atomic E-state index is 12.7. The monoisotopic (exact) mass is 456 g/mol. The van der Waals surface area contributed by atoms with Crippen LogP contribution in [-0.2, 0) is 34.3 Å². The lowest BCUT2D eigenvalue weighted by Crippen LogP contribution is -2.26. The molecule has 0 aliphatic rings. The zero-order valence-corrected chi connectivity index (χ0v) is 20.1. The number of aryl methyl sites for hydroxylation is 2. The summed E-state index contributed by atoms with van der Waals surface area (Å²) in [6, 6.07) is 15.0. The Hall–Kier alpha value is -2.71. The Morgan fingerprint density at radius 1 is 1.06 bits per heavy atom. The highest BCUT2D eigenvalue weighted by Crippen LogP contribution is 2.23. The van der Waals surface area contributed by atoms with E-state index in [2.05, 4.69) is 11.5 Å². The lowest BCUT2D eigenvalue weighted by molar-refractivity contribution is -0.130. The Balaban J connectivity index is 1.82. The first-order chi connectivity index (χ1) is 15.2. The molecule has 7 nitrogen and oxygen atoms in total. The summed E-state index contributed by atoms with van der Waals surface area (Å²) in [7, 11) is 1.31. The number of carbonyl (C=O) groups excluding carboxylic acids is 1. The van der Waals surface area contributed by atoms with Gasteiger partial charge in [-0.15, -0.1) is 0 Å². The van der Waals surface area contributed by atoms with Gasteiger partial charge in [0.2, 0.25) is 15.9 Å². The van der Waals surface area contributed by atoms with Gasteiger partial charge in [0.05, 0.1) is 15.9 Å². The fourth-order valence-electron chi connectivity index (χ4n) is 3.64. The second-order valence-corrected chi connectivity index (χ2v) is 10.4. The van der Waals surface area contributed by atoms with E-state index in [0.717, 1.165) is 36.3 Å². The number of hydrogen-bond acceptors (Lipinski definition) is 4. The highest BCUT2D eigenvalue weighted by atomic mass is 32.2. The van der Waals surface area contributed by atoms with Crippen molar-refractivity contribution in [3.63, 3.8) is 0 Å². The molecular formula is C24H32N4O3S. The number of fused-ring (bicyclic) bond motifs is 1. The minimum Gasteiger partial charge on any atom is -0.341 e. The number of unbranched alkanes of at least 4 members (excludes halogenated alkanes) is 1. The zero-order chi connectivity index (χ0) is 23.3. The van der Waals surface area contributed by atoms with Gasteiger partial charge in [-0.05, 0) is 30.2 Å². The summed E-state index contributed by atoms with van der Waals surface area (Å²) in [5.41, 5.74) is 2.63. The second kappa shape index (κ2) is 10.3. The fourth-order valence-corrected chi connectivity index (χ4v) is 4.56. The topological polar surface area (TPSA) is 75.5 Å². The maximum Gasteiger partial charge on any atom is 0.242 e. The summed E-state index contributed by atoms with van der Waals surface area (Å²) in [6.45, 7) is 3.48. The third-order valence-electron chi connectivity index (χ3n) is 5.56. The van der Waals surface area contributed by atoms with Crippen LogP contribution in [0.5, 0.6) is 0 Å². The van der Waals surface area contributed by atoms with E-state index in [0.29, 0.717) is 24.9 Å². The number of rotatable bonds is 10. The first-order valence-electron chi connectivity index (χ1n) is 10.9. The molecule has 0 aliphatic carbocycles. The minimum atomic E-state index is -3.53. The molecule has 1 heterocycles. The fraction of sp³-hybridized carbons (Fsp3) is 0.417. The van der Waals surface area contributed by atoms with E-state index in [1.165, 1.54) is 18.4 Å². The van der Waals surface area contributed by atoms with Crippen LogP contribution in [0.25, 0.3) is 11.0 Å². The average Bonchev–Trinajstić information content (AvgIpc) is 3.13. The van der Waals surface area contributed by atoms with Crippen molar-refractivity contribution in [2.24, 2.45) is 0 Å². The molecule has 1 amide bonds. The van der Waals surface area contributed by atoms with Crippen LogP contribution in [0.1, 0.15) is 37.6 Å². The normalized spacial score (nSPS) is 11.9. The Kier molecular flexibility index (Phi) is 7.69. The number of benzene rings is 2. The summed E-state index contributed by atoms with van der Waals surface area (Å²) >= 11 is 0. The Morgan fingerprint density at radius 3 is 2.44 bits per heavy atom. The van der Waals surface area contributed by atoms with Crippen LogP contribution in [-0.4, -0.2) is 54.2 Å². The first kappa shape index (κ1) is 23.9. The van der Waals surface area contributed by atoms with Crippen molar-refractivity contribution in [3.8, 4) is 0 Å². The van der Waals surface area contributed by atoms with Crippen LogP contribution in [0.15, 0.2) is 53.4 Å². The molecule has 8 heteroatoms. The van der Waals surface area contributed by atoms with Crippen LogP contribution in [0.4, 0.5) is 0 Å². The average molecular weight is 457 g/mol. The summed E-state index contributed by atoms with van der Waals surface area (Å²) < 4.78 is 28.4. The molecule has 32 heavy (non-hydrogen) atoms. The predicted octanol–water partition coefficient (Wildman–Crippen LogP) is 3.68. The minimum absolute atomic E-state index is 0.0545. The second-order valence-electron chi connectivity index (χ2n) is 8.21. The molecule has 0 radical (unpaired) electrons. The van der Waals surface area contributed by atoms with Crippen molar-refractivity contribution >= 4 is 27.0 Å². The number of sulfonamides is 1. The largest absolute Gasteiger partial charge is 0.341 e. The number of carbonyl (C=O) groups is 1. The Morgan fingerprint density at radius 2 is 1.78 bits per heavy atom. The van der Waals surface area contributed by atoms with Crippen molar-refractivity contribution < 1.29 is 13.2 Å². The Labute approximate surface area is 190 Å². The third-order valence-corrected chi connectivity index (χ3v) is 7.37. The van der Waals surface area contributed by atoms with E-state index in [9.17, 15) is 13.2 Å². The van der Waals surface area contributed by atoms with Crippen molar-refractivity contribution in [2.45, 2.75) is 50.6 Å². The molecule has 0 N–H and O–H groups in total. The standard InChI is InChI=1S/C24H32N4O3S/c1-5-6-16-28-22-13-12-20(32(30,31)26(2)3)17-21(22)25-23(28)14-15-24(29)27(4)18-19-10-8-7-9-11-19/h7-13,17H,5-6,14-16,18H2,1-4H3. The quantitative estimate of drug-likeness (QED) is 0.466. The van der Waals surface area contributed by atoms with Gasteiger partial charge in [-0.25, -0.2) is 17.7 Å². The van der Waals surface area contributed by atoms with Gasteiger partial charge in [0.15, 0.2) is 0 Å².